The van der Waals surface area contributed by atoms with Gasteiger partial charge in [-0.25, -0.2) is 0 Å². The number of amides is 3. The quantitative estimate of drug-likeness (QED) is 0.876. The lowest BCUT2D eigenvalue weighted by Crippen LogP contribution is -2.45. The first-order chi connectivity index (χ1) is 11.0. The van der Waals surface area contributed by atoms with Crippen LogP contribution < -0.4 is 5.32 Å². The van der Waals surface area contributed by atoms with Gasteiger partial charge in [0.1, 0.15) is 17.1 Å². The average molecular weight is 325 g/mol. The molecule has 114 valence electrons. The monoisotopic (exact) mass is 325 g/mol. The molecule has 2 heterocycles. The number of anilines is 1. The Bertz CT molecular complexity index is 830. The normalized spacial score (nSPS) is 14.3. The van der Waals surface area contributed by atoms with Gasteiger partial charge in [-0.3, -0.25) is 19.3 Å². The van der Waals surface area contributed by atoms with Gasteiger partial charge in [-0.05, 0) is 30.5 Å². The molecule has 23 heavy (non-hydrogen) atoms. The SMILES string of the molecule is C[C@@H](C(=O)Nc1sccc1C#N)N1C(=O)c2ccccc2C1=O. The lowest BCUT2D eigenvalue weighted by Gasteiger charge is -2.21. The Kier molecular flexibility index (Phi) is 3.68. The molecule has 0 spiro atoms. The molecule has 0 aliphatic carbocycles. The van der Waals surface area contributed by atoms with Crippen molar-refractivity contribution in [1.82, 2.24) is 4.90 Å². The van der Waals surface area contributed by atoms with E-state index in [1.165, 1.54) is 18.3 Å². The van der Waals surface area contributed by atoms with E-state index in [0.29, 0.717) is 21.7 Å². The molecule has 0 saturated heterocycles. The fourth-order valence-electron chi connectivity index (χ4n) is 2.39. The van der Waals surface area contributed by atoms with Gasteiger partial charge in [-0.2, -0.15) is 5.26 Å². The number of rotatable bonds is 3. The lowest BCUT2D eigenvalue weighted by atomic mass is 10.1. The molecule has 6 nitrogen and oxygen atoms in total. The molecule has 1 atom stereocenters. The maximum Gasteiger partial charge on any atom is 0.262 e. The van der Waals surface area contributed by atoms with E-state index >= 15 is 0 Å². The Labute approximate surface area is 135 Å². The Hall–Kier alpha value is -2.98. The molecule has 1 N–H and O–H groups in total. The highest BCUT2D eigenvalue weighted by Gasteiger charge is 2.40. The van der Waals surface area contributed by atoms with Crippen LogP contribution in [0.2, 0.25) is 0 Å². The highest BCUT2D eigenvalue weighted by Crippen LogP contribution is 2.26. The Morgan fingerprint density at radius 3 is 2.39 bits per heavy atom. The average Bonchev–Trinajstić information content (AvgIpc) is 3.10. The van der Waals surface area contributed by atoms with E-state index in [-0.39, 0.29) is 0 Å². The van der Waals surface area contributed by atoms with E-state index in [9.17, 15) is 14.4 Å². The summed E-state index contributed by atoms with van der Waals surface area (Å²) >= 11 is 1.21. The minimum Gasteiger partial charge on any atom is -0.315 e. The third kappa shape index (κ3) is 2.39. The van der Waals surface area contributed by atoms with Gasteiger partial charge in [0.2, 0.25) is 5.91 Å². The number of carbonyl (C=O) groups is 3. The zero-order chi connectivity index (χ0) is 16.6. The molecule has 3 rings (SSSR count). The molecular formula is C16H11N3O3S. The lowest BCUT2D eigenvalue weighted by molar-refractivity contribution is -0.119. The fourth-order valence-corrected chi connectivity index (χ4v) is 3.13. The second-order valence-corrected chi connectivity index (χ2v) is 5.88. The molecular weight excluding hydrogens is 314 g/mol. The minimum atomic E-state index is -0.976. The van der Waals surface area contributed by atoms with E-state index in [1.54, 1.807) is 35.7 Å². The molecule has 0 saturated carbocycles. The number of hydrogen-bond donors (Lipinski definition) is 1. The van der Waals surface area contributed by atoms with Gasteiger partial charge in [-0.1, -0.05) is 12.1 Å². The van der Waals surface area contributed by atoms with Crippen LogP contribution in [0.25, 0.3) is 0 Å². The summed E-state index contributed by atoms with van der Waals surface area (Å²) in [4.78, 5) is 38.0. The molecule has 0 radical (unpaired) electrons. The number of nitriles is 1. The van der Waals surface area contributed by atoms with Crippen molar-refractivity contribution in [1.29, 1.82) is 5.26 Å². The van der Waals surface area contributed by atoms with Gasteiger partial charge in [0.05, 0.1) is 16.7 Å². The van der Waals surface area contributed by atoms with Crippen molar-refractivity contribution in [2.24, 2.45) is 0 Å². The zero-order valence-electron chi connectivity index (χ0n) is 12.1. The first-order valence-corrected chi connectivity index (χ1v) is 7.68. The van der Waals surface area contributed by atoms with Gasteiger partial charge in [0.25, 0.3) is 11.8 Å². The second kappa shape index (κ2) is 5.66. The van der Waals surface area contributed by atoms with Crippen LogP contribution in [0.4, 0.5) is 5.00 Å². The van der Waals surface area contributed by atoms with E-state index in [0.717, 1.165) is 4.90 Å². The second-order valence-electron chi connectivity index (χ2n) is 4.97. The molecule has 2 aromatic rings. The molecule has 1 aliphatic rings. The summed E-state index contributed by atoms with van der Waals surface area (Å²) in [5, 5.41) is 13.6. The largest absolute Gasteiger partial charge is 0.315 e. The van der Waals surface area contributed by atoms with E-state index in [4.69, 9.17) is 5.26 Å². The summed E-state index contributed by atoms with van der Waals surface area (Å²) in [5.41, 5.74) is 0.940. The highest BCUT2D eigenvalue weighted by atomic mass is 32.1. The number of nitrogens with zero attached hydrogens (tertiary/aromatic N) is 2. The number of carbonyl (C=O) groups excluding carboxylic acids is 3. The maximum atomic E-state index is 12.4. The van der Waals surface area contributed by atoms with Crippen molar-refractivity contribution in [3.8, 4) is 6.07 Å². The summed E-state index contributed by atoms with van der Waals surface area (Å²) in [6.07, 6.45) is 0. The summed E-state index contributed by atoms with van der Waals surface area (Å²) in [6.45, 7) is 1.48. The maximum absolute atomic E-state index is 12.4. The van der Waals surface area contributed by atoms with Crippen molar-refractivity contribution < 1.29 is 14.4 Å². The van der Waals surface area contributed by atoms with Crippen LogP contribution in [0.15, 0.2) is 35.7 Å². The van der Waals surface area contributed by atoms with Gasteiger partial charge >= 0.3 is 0 Å². The molecule has 0 fully saturated rings. The van der Waals surface area contributed by atoms with Crippen LogP contribution >= 0.6 is 11.3 Å². The third-order valence-corrected chi connectivity index (χ3v) is 4.44. The number of imide groups is 1. The van der Waals surface area contributed by atoms with E-state index in [1.807, 2.05) is 6.07 Å². The molecule has 1 aromatic carbocycles. The standard InChI is InChI=1S/C16H11N3O3S/c1-9(13(20)18-14-10(8-17)6-7-23-14)19-15(21)11-4-2-3-5-12(11)16(19)22/h2-7,9H,1H3,(H,18,20)/t9-/m0/s1. The fraction of sp³-hybridized carbons (Fsp3) is 0.125. The van der Waals surface area contributed by atoms with Crippen molar-refractivity contribution in [2.45, 2.75) is 13.0 Å². The van der Waals surface area contributed by atoms with Crippen molar-refractivity contribution in [2.75, 3.05) is 5.32 Å². The number of fused-ring (bicyclic) bond motifs is 1. The molecule has 3 amide bonds. The molecule has 1 aromatic heterocycles. The van der Waals surface area contributed by atoms with Crippen LogP contribution in [-0.2, 0) is 4.79 Å². The molecule has 7 heteroatoms. The van der Waals surface area contributed by atoms with Crippen LogP contribution in [0.3, 0.4) is 0 Å². The first-order valence-electron chi connectivity index (χ1n) is 6.80. The molecule has 0 bridgehead atoms. The number of nitrogens with one attached hydrogen (secondary N) is 1. The zero-order valence-corrected chi connectivity index (χ0v) is 12.9. The highest BCUT2D eigenvalue weighted by molar-refractivity contribution is 7.14. The smallest absolute Gasteiger partial charge is 0.262 e. The van der Waals surface area contributed by atoms with E-state index < -0.39 is 23.8 Å². The van der Waals surface area contributed by atoms with Crippen LogP contribution in [0.5, 0.6) is 0 Å². The predicted octanol–water partition coefficient (Wildman–Crippen LogP) is 2.24. The summed E-state index contributed by atoms with van der Waals surface area (Å²) < 4.78 is 0. The number of benzene rings is 1. The predicted molar refractivity (Wildman–Crippen MR) is 84.1 cm³/mol. The van der Waals surface area contributed by atoms with Gasteiger partial charge in [0, 0.05) is 0 Å². The Balaban J connectivity index is 1.83. The summed E-state index contributed by atoms with van der Waals surface area (Å²) in [7, 11) is 0. The Morgan fingerprint density at radius 1 is 1.22 bits per heavy atom. The van der Waals surface area contributed by atoms with Crippen LogP contribution in [0, 0.1) is 11.3 Å². The number of thiophene rings is 1. The molecule has 0 unspecified atom stereocenters. The summed E-state index contributed by atoms with van der Waals surface area (Å²) in [6, 6.07) is 9.05. The van der Waals surface area contributed by atoms with Crippen LogP contribution in [0.1, 0.15) is 33.2 Å². The van der Waals surface area contributed by atoms with E-state index in [2.05, 4.69) is 5.32 Å². The summed E-state index contributed by atoms with van der Waals surface area (Å²) in [5.74, 6) is -1.49. The minimum absolute atomic E-state index is 0.297. The first kappa shape index (κ1) is 14.9. The molecule has 1 aliphatic heterocycles. The van der Waals surface area contributed by atoms with Crippen LogP contribution in [-0.4, -0.2) is 28.7 Å². The van der Waals surface area contributed by atoms with Crippen molar-refractivity contribution in [3.05, 3.63) is 52.4 Å². The van der Waals surface area contributed by atoms with Crippen molar-refractivity contribution in [3.63, 3.8) is 0 Å². The van der Waals surface area contributed by atoms with Gasteiger partial charge in [-0.15, -0.1) is 11.3 Å². The van der Waals surface area contributed by atoms with Gasteiger partial charge < -0.3 is 5.32 Å². The topological polar surface area (TPSA) is 90.3 Å². The third-order valence-electron chi connectivity index (χ3n) is 3.61. The number of hydrogen-bond acceptors (Lipinski definition) is 5. The Morgan fingerprint density at radius 2 is 1.83 bits per heavy atom. The van der Waals surface area contributed by atoms with Gasteiger partial charge in [0.15, 0.2) is 0 Å². The van der Waals surface area contributed by atoms with Crippen molar-refractivity contribution >= 4 is 34.1 Å².